The Morgan fingerprint density at radius 2 is 1.81 bits per heavy atom. The maximum Gasteiger partial charge on any atom is 0.292 e. The predicted molar refractivity (Wildman–Crippen MR) is 103 cm³/mol. The van der Waals surface area contributed by atoms with Gasteiger partial charge < -0.3 is 4.90 Å². The molecule has 0 atom stereocenters. The number of anilines is 1. The van der Waals surface area contributed by atoms with Gasteiger partial charge in [-0.1, -0.05) is 11.6 Å². The molecule has 1 aliphatic carbocycles. The summed E-state index contributed by atoms with van der Waals surface area (Å²) in [7, 11) is 0. The van der Waals surface area contributed by atoms with E-state index in [0.717, 1.165) is 32.1 Å². The van der Waals surface area contributed by atoms with Crippen LogP contribution >= 0.6 is 11.6 Å². The molecule has 2 heterocycles. The average Bonchev–Trinajstić information content (AvgIpc) is 3.49. The largest absolute Gasteiger partial charge is 0.366 e. The standard InChI is InChI=1S/C18H20ClN5O3/c19-17-16(22-9-7-21(8-10-22)12-13-1-2-13)11-20-23(18(17)25)14-3-5-15(6-4-14)24(26)27/h3-6,11,13H,1-2,7-10,12H2. The minimum absolute atomic E-state index is 0.0430. The molecule has 0 spiro atoms. The minimum Gasteiger partial charge on any atom is -0.366 e. The van der Waals surface area contributed by atoms with Crippen molar-refractivity contribution in [1.82, 2.24) is 14.7 Å². The van der Waals surface area contributed by atoms with Gasteiger partial charge in [-0.2, -0.15) is 9.78 Å². The molecule has 1 saturated heterocycles. The van der Waals surface area contributed by atoms with Crippen LogP contribution in [0.5, 0.6) is 0 Å². The first-order chi connectivity index (χ1) is 13.0. The lowest BCUT2D eigenvalue weighted by molar-refractivity contribution is -0.384. The van der Waals surface area contributed by atoms with Gasteiger partial charge in [-0.3, -0.25) is 19.8 Å². The fourth-order valence-corrected chi connectivity index (χ4v) is 3.63. The SMILES string of the molecule is O=c1c(Cl)c(N2CCN(CC3CC3)CC2)cnn1-c1ccc([N+](=O)[O-])cc1. The van der Waals surface area contributed by atoms with Crippen molar-refractivity contribution in [2.24, 2.45) is 5.92 Å². The van der Waals surface area contributed by atoms with E-state index in [1.165, 1.54) is 48.3 Å². The van der Waals surface area contributed by atoms with E-state index in [4.69, 9.17) is 11.6 Å². The van der Waals surface area contributed by atoms with Crippen molar-refractivity contribution < 1.29 is 4.92 Å². The molecule has 27 heavy (non-hydrogen) atoms. The maximum absolute atomic E-state index is 12.7. The van der Waals surface area contributed by atoms with Crippen LogP contribution in [0, 0.1) is 16.0 Å². The van der Waals surface area contributed by atoms with E-state index >= 15 is 0 Å². The van der Waals surface area contributed by atoms with Crippen molar-refractivity contribution in [1.29, 1.82) is 0 Å². The van der Waals surface area contributed by atoms with Crippen molar-refractivity contribution >= 4 is 23.0 Å². The zero-order valence-corrected chi connectivity index (χ0v) is 15.5. The highest BCUT2D eigenvalue weighted by atomic mass is 35.5. The van der Waals surface area contributed by atoms with Gasteiger partial charge in [0, 0.05) is 44.9 Å². The number of halogens is 1. The van der Waals surface area contributed by atoms with E-state index in [2.05, 4.69) is 14.9 Å². The summed E-state index contributed by atoms with van der Waals surface area (Å²) in [5, 5.41) is 15.1. The second-order valence-corrected chi connectivity index (χ2v) is 7.44. The molecule has 142 valence electrons. The molecular weight excluding hydrogens is 370 g/mol. The maximum atomic E-state index is 12.7. The molecule has 2 aliphatic rings. The number of hydrogen-bond donors (Lipinski definition) is 0. The molecule has 1 aliphatic heterocycles. The van der Waals surface area contributed by atoms with Crippen LogP contribution in [0.2, 0.25) is 5.02 Å². The highest BCUT2D eigenvalue weighted by Crippen LogP contribution is 2.30. The summed E-state index contributed by atoms with van der Waals surface area (Å²) < 4.78 is 1.17. The third kappa shape index (κ3) is 3.81. The Morgan fingerprint density at radius 3 is 2.41 bits per heavy atom. The van der Waals surface area contributed by atoms with Gasteiger partial charge in [-0.25, -0.2) is 0 Å². The number of hydrogen-bond acceptors (Lipinski definition) is 6. The lowest BCUT2D eigenvalue weighted by Crippen LogP contribution is -2.47. The lowest BCUT2D eigenvalue weighted by Gasteiger charge is -2.36. The number of rotatable bonds is 5. The number of piperazine rings is 1. The van der Waals surface area contributed by atoms with E-state index in [1.807, 2.05) is 0 Å². The first kappa shape index (κ1) is 17.9. The number of non-ortho nitro benzene ring substituents is 1. The normalized spacial score (nSPS) is 17.9. The van der Waals surface area contributed by atoms with E-state index in [1.54, 1.807) is 6.20 Å². The molecule has 4 rings (SSSR count). The Labute approximate surface area is 161 Å². The monoisotopic (exact) mass is 389 g/mol. The van der Waals surface area contributed by atoms with Crippen LogP contribution in [0.1, 0.15) is 12.8 Å². The summed E-state index contributed by atoms with van der Waals surface area (Å²) in [5.41, 5.74) is 0.612. The number of aromatic nitrogens is 2. The van der Waals surface area contributed by atoms with Crippen LogP contribution in [0.3, 0.4) is 0 Å². The first-order valence-corrected chi connectivity index (χ1v) is 9.40. The van der Waals surface area contributed by atoms with Gasteiger partial charge in [-0.15, -0.1) is 0 Å². The Hall–Kier alpha value is -2.45. The van der Waals surface area contributed by atoms with E-state index < -0.39 is 10.5 Å². The van der Waals surface area contributed by atoms with Crippen LogP contribution in [0.25, 0.3) is 5.69 Å². The summed E-state index contributed by atoms with van der Waals surface area (Å²) in [5.74, 6) is 0.868. The molecule has 9 heteroatoms. The molecule has 0 bridgehead atoms. The third-order valence-corrected chi connectivity index (χ3v) is 5.49. The molecule has 0 unspecified atom stereocenters. The topological polar surface area (TPSA) is 84.5 Å². The molecule has 8 nitrogen and oxygen atoms in total. The van der Waals surface area contributed by atoms with E-state index in [0.29, 0.717) is 11.4 Å². The third-order valence-electron chi connectivity index (χ3n) is 5.13. The number of benzene rings is 1. The predicted octanol–water partition coefficient (Wildman–Crippen LogP) is 2.33. The number of nitro groups is 1. The Kier molecular flexibility index (Phi) is 4.84. The number of nitrogens with zero attached hydrogens (tertiary/aromatic N) is 5. The lowest BCUT2D eigenvalue weighted by atomic mass is 10.2. The van der Waals surface area contributed by atoms with Gasteiger partial charge in [0.2, 0.25) is 0 Å². The average molecular weight is 390 g/mol. The summed E-state index contributed by atoms with van der Waals surface area (Å²) in [4.78, 5) is 27.5. The Morgan fingerprint density at radius 1 is 1.15 bits per heavy atom. The number of nitro benzene ring substituents is 1. The van der Waals surface area contributed by atoms with Gasteiger partial charge in [0.15, 0.2) is 0 Å². The molecule has 1 aromatic carbocycles. The quantitative estimate of drug-likeness (QED) is 0.576. The molecule has 1 aromatic heterocycles. The highest BCUT2D eigenvalue weighted by molar-refractivity contribution is 6.33. The van der Waals surface area contributed by atoms with Gasteiger partial charge in [0.05, 0.1) is 22.5 Å². The summed E-state index contributed by atoms with van der Waals surface area (Å²) >= 11 is 6.36. The van der Waals surface area contributed by atoms with Crippen molar-refractivity contribution in [3.8, 4) is 5.69 Å². The highest BCUT2D eigenvalue weighted by Gasteiger charge is 2.27. The molecule has 0 radical (unpaired) electrons. The van der Waals surface area contributed by atoms with Crippen molar-refractivity contribution in [2.45, 2.75) is 12.8 Å². The van der Waals surface area contributed by atoms with E-state index in [-0.39, 0.29) is 10.7 Å². The summed E-state index contributed by atoms with van der Waals surface area (Å²) in [6, 6.07) is 5.65. The zero-order valence-electron chi connectivity index (χ0n) is 14.8. The molecule has 1 saturated carbocycles. The zero-order chi connectivity index (χ0) is 19.0. The van der Waals surface area contributed by atoms with Gasteiger partial charge in [0.1, 0.15) is 5.02 Å². The van der Waals surface area contributed by atoms with Crippen LogP contribution in [-0.4, -0.2) is 52.3 Å². The van der Waals surface area contributed by atoms with Crippen molar-refractivity contribution in [2.75, 3.05) is 37.6 Å². The second-order valence-electron chi connectivity index (χ2n) is 7.07. The van der Waals surface area contributed by atoms with Gasteiger partial charge >= 0.3 is 0 Å². The molecule has 0 N–H and O–H groups in total. The minimum atomic E-state index is -0.487. The van der Waals surface area contributed by atoms with E-state index in [9.17, 15) is 14.9 Å². The van der Waals surface area contributed by atoms with Crippen LogP contribution < -0.4 is 10.5 Å². The summed E-state index contributed by atoms with van der Waals surface area (Å²) in [6.07, 6.45) is 4.29. The Balaban J connectivity index is 1.52. The second kappa shape index (κ2) is 7.28. The molecule has 2 fully saturated rings. The van der Waals surface area contributed by atoms with Crippen molar-refractivity contribution in [3.63, 3.8) is 0 Å². The van der Waals surface area contributed by atoms with Gasteiger partial charge in [0.25, 0.3) is 11.2 Å². The van der Waals surface area contributed by atoms with Crippen LogP contribution in [-0.2, 0) is 0 Å². The smallest absolute Gasteiger partial charge is 0.292 e. The van der Waals surface area contributed by atoms with Crippen molar-refractivity contribution in [3.05, 3.63) is 56.0 Å². The first-order valence-electron chi connectivity index (χ1n) is 9.03. The van der Waals surface area contributed by atoms with Gasteiger partial charge in [-0.05, 0) is 30.9 Å². The Bertz CT molecular complexity index is 902. The molecule has 2 aromatic rings. The van der Waals surface area contributed by atoms with Crippen LogP contribution in [0.15, 0.2) is 35.3 Å². The van der Waals surface area contributed by atoms with Crippen LogP contribution in [0.4, 0.5) is 11.4 Å². The fourth-order valence-electron chi connectivity index (χ4n) is 3.38. The molecule has 0 amide bonds. The summed E-state index contributed by atoms with van der Waals surface area (Å²) in [6.45, 7) is 4.71. The fraction of sp³-hybridized carbons (Fsp3) is 0.444. The molecular formula is C18H20ClN5O3.